The lowest BCUT2D eigenvalue weighted by Gasteiger charge is -2.18. The Bertz CT molecular complexity index is 709. The number of unbranched alkanes of at least 4 members (excludes halogenated alkanes) is 11. The largest absolute Gasteiger partial charge is 0.472 e. The minimum absolute atomic E-state index is 0.0120. The zero-order valence-corrected chi connectivity index (χ0v) is 23.2. The van der Waals surface area contributed by atoms with E-state index in [2.05, 4.69) is 12.2 Å². The molecule has 0 radical (unpaired) electrons. The molecule has 36 heavy (non-hydrogen) atoms. The second-order valence-corrected chi connectivity index (χ2v) is 10.4. The smallest absolute Gasteiger partial charge is 0.447 e. The van der Waals surface area contributed by atoms with Gasteiger partial charge in [0.25, 0.3) is 0 Å². The Morgan fingerprint density at radius 3 is 2.06 bits per heavy atom. The molecule has 0 aliphatic rings. The van der Waals surface area contributed by atoms with Crippen LogP contribution in [0.2, 0.25) is 0 Å². The van der Waals surface area contributed by atoms with Gasteiger partial charge in [0.2, 0.25) is 0 Å². The Kier molecular flexibility index (Phi) is 19.5. The summed E-state index contributed by atoms with van der Waals surface area (Å²) in [5, 5.41) is 2.72. The van der Waals surface area contributed by atoms with Crippen molar-refractivity contribution in [3.63, 3.8) is 0 Å². The van der Waals surface area contributed by atoms with Crippen molar-refractivity contribution in [1.82, 2.24) is 5.32 Å². The van der Waals surface area contributed by atoms with Crippen molar-refractivity contribution in [2.24, 2.45) is 0 Å². The van der Waals surface area contributed by atoms with Crippen LogP contribution in [0.3, 0.4) is 0 Å². The van der Waals surface area contributed by atoms with E-state index >= 15 is 0 Å². The SMILES string of the molecule is CCCCCCCCCCCCCCNC(=O)OCC(COP(=O)(O)OCC[n+]1ccccc1)OC. The second-order valence-electron chi connectivity index (χ2n) is 8.98. The van der Waals surface area contributed by atoms with E-state index < -0.39 is 20.0 Å². The molecule has 1 rings (SSSR count). The molecular weight excluding hydrogens is 483 g/mol. The fourth-order valence-electron chi connectivity index (χ4n) is 3.62. The fourth-order valence-corrected chi connectivity index (χ4v) is 4.36. The molecule has 1 heterocycles. The van der Waals surface area contributed by atoms with Gasteiger partial charge in [-0.05, 0) is 6.42 Å². The number of phosphoric ester groups is 1. The summed E-state index contributed by atoms with van der Waals surface area (Å²) in [5.41, 5.74) is 0. The first kappa shape index (κ1) is 32.5. The van der Waals surface area contributed by atoms with E-state index in [-0.39, 0.29) is 19.8 Å². The highest BCUT2D eigenvalue weighted by Gasteiger charge is 2.24. The Hall–Kier alpha value is -1.51. The number of nitrogens with zero attached hydrogens (tertiary/aromatic N) is 1. The number of nitrogens with one attached hydrogen (secondary N) is 1. The van der Waals surface area contributed by atoms with Crippen molar-refractivity contribution >= 4 is 13.9 Å². The summed E-state index contributed by atoms with van der Waals surface area (Å²) >= 11 is 0. The number of carbonyl (C=O) groups excluding carboxylic acids is 1. The number of rotatable bonds is 23. The summed E-state index contributed by atoms with van der Waals surface area (Å²) in [6.07, 6.45) is 17.6. The van der Waals surface area contributed by atoms with Crippen molar-refractivity contribution < 1.29 is 37.3 Å². The van der Waals surface area contributed by atoms with E-state index in [1.165, 1.54) is 71.3 Å². The molecule has 2 atom stereocenters. The first-order chi connectivity index (χ1) is 17.5. The van der Waals surface area contributed by atoms with Crippen LogP contribution in [-0.2, 0) is 29.6 Å². The number of amides is 1. The average Bonchev–Trinajstić information content (AvgIpc) is 2.87. The lowest BCUT2D eigenvalue weighted by molar-refractivity contribution is -0.697. The Balaban J connectivity index is 2.01. The van der Waals surface area contributed by atoms with E-state index in [0.717, 1.165) is 12.8 Å². The third kappa shape index (κ3) is 18.7. The molecule has 0 spiro atoms. The van der Waals surface area contributed by atoms with Crippen molar-refractivity contribution in [1.29, 1.82) is 0 Å². The Morgan fingerprint density at radius 1 is 0.889 bits per heavy atom. The van der Waals surface area contributed by atoms with Crippen LogP contribution in [0.15, 0.2) is 30.6 Å². The molecule has 9 nitrogen and oxygen atoms in total. The van der Waals surface area contributed by atoms with Gasteiger partial charge in [-0.2, -0.15) is 0 Å². The van der Waals surface area contributed by atoms with Crippen LogP contribution in [0.25, 0.3) is 0 Å². The monoisotopic (exact) mass is 531 g/mol. The zero-order chi connectivity index (χ0) is 26.3. The van der Waals surface area contributed by atoms with E-state index in [1.807, 2.05) is 35.2 Å². The van der Waals surface area contributed by atoms with Crippen LogP contribution in [0, 0.1) is 0 Å². The van der Waals surface area contributed by atoms with E-state index in [1.54, 1.807) is 0 Å². The molecule has 0 bridgehead atoms. The second kappa shape index (κ2) is 21.6. The van der Waals surface area contributed by atoms with Gasteiger partial charge in [-0.1, -0.05) is 83.6 Å². The molecule has 0 fully saturated rings. The molecule has 1 aromatic rings. The first-order valence-electron chi connectivity index (χ1n) is 13.5. The number of pyridine rings is 1. The lowest BCUT2D eigenvalue weighted by Crippen LogP contribution is -2.34. The molecular formula is C26H48N2O7P+. The van der Waals surface area contributed by atoms with Gasteiger partial charge in [-0.25, -0.2) is 13.9 Å². The van der Waals surface area contributed by atoms with Crippen molar-refractivity contribution in [3.05, 3.63) is 30.6 Å². The summed E-state index contributed by atoms with van der Waals surface area (Å²) in [4.78, 5) is 21.7. The number of aromatic nitrogens is 1. The lowest BCUT2D eigenvalue weighted by atomic mass is 10.1. The quantitative estimate of drug-likeness (QED) is 0.108. The highest BCUT2D eigenvalue weighted by atomic mass is 31.2. The summed E-state index contributed by atoms with van der Waals surface area (Å²) < 4.78 is 34.1. The van der Waals surface area contributed by atoms with Gasteiger partial charge in [-0.3, -0.25) is 9.05 Å². The average molecular weight is 532 g/mol. The van der Waals surface area contributed by atoms with E-state index in [4.69, 9.17) is 18.5 Å². The van der Waals surface area contributed by atoms with Gasteiger partial charge in [-0.15, -0.1) is 0 Å². The minimum atomic E-state index is -4.24. The number of carbonyl (C=O) groups is 1. The molecule has 0 aliphatic heterocycles. The number of hydrogen-bond acceptors (Lipinski definition) is 6. The molecule has 2 N–H and O–H groups in total. The maximum Gasteiger partial charge on any atom is 0.472 e. The van der Waals surface area contributed by atoms with Gasteiger partial charge in [0, 0.05) is 25.8 Å². The van der Waals surface area contributed by atoms with Crippen molar-refractivity contribution in [2.75, 3.05) is 33.5 Å². The van der Waals surface area contributed by atoms with Crippen molar-refractivity contribution in [2.45, 2.75) is 96.6 Å². The molecule has 0 saturated carbocycles. The van der Waals surface area contributed by atoms with Crippen LogP contribution in [0.5, 0.6) is 0 Å². The van der Waals surface area contributed by atoms with E-state index in [9.17, 15) is 14.3 Å². The number of methoxy groups -OCH3 is 1. The van der Waals surface area contributed by atoms with Crippen molar-refractivity contribution in [3.8, 4) is 0 Å². The fraction of sp³-hybridized carbons (Fsp3) is 0.769. The third-order valence-corrected chi connectivity index (χ3v) is 6.82. The molecule has 1 aromatic heterocycles. The highest BCUT2D eigenvalue weighted by Crippen LogP contribution is 2.43. The van der Waals surface area contributed by atoms with Crippen LogP contribution in [-0.4, -0.2) is 50.6 Å². The van der Waals surface area contributed by atoms with E-state index in [0.29, 0.717) is 13.1 Å². The first-order valence-corrected chi connectivity index (χ1v) is 15.0. The maximum absolute atomic E-state index is 12.0. The Morgan fingerprint density at radius 2 is 1.47 bits per heavy atom. The molecule has 1 amide bonds. The number of phosphoric acid groups is 1. The van der Waals surface area contributed by atoms with Crippen LogP contribution in [0.4, 0.5) is 4.79 Å². The number of hydrogen-bond donors (Lipinski definition) is 2. The summed E-state index contributed by atoms with van der Waals surface area (Å²) in [6, 6.07) is 5.59. The molecule has 2 unspecified atom stereocenters. The number of ether oxygens (including phenoxy) is 2. The van der Waals surface area contributed by atoms with Crippen LogP contribution >= 0.6 is 7.82 Å². The topological polar surface area (TPSA) is 107 Å². The predicted octanol–water partition coefficient (Wildman–Crippen LogP) is 5.55. The van der Waals surface area contributed by atoms with Gasteiger partial charge in [0.1, 0.15) is 19.3 Å². The molecule has 0 aromatic carbocycles. The van der Waals surface area contributed by atoms with Gasteiger partial charge < -0.3 is 19.7 Å². The standard InChI is InChI=1S/C26H47N2O7P/c1-3-4-5-6-7-8-9-10-11-12-13-15-18-27-26(29)33-23-25(32-2)24-35-36(30,31)34-22-21-28-19-16-14-17-20-28/h14,16-17,19-20,25H,3-13,15,18,21-24H2,1-2H3,(H-,27,29,30,31)/p+1. The van der Waals surface area contributed by atoms with Crippen LogP contribution in [0.1, 0.15) is 84.0 Å². The Labute approximate surface area is 217 Å². The van der Waals surface area contributed by atoms with Gasteiger partial charge in [0.15, 0.2) is 18.9 Å². The highest BCUT2D eigenvalue weighted by molar-refractivity contribution is 7.47. The van der Waals surface area contributed by atoms with Gasteiger partial charge >= 0.3 is 13.9 Å². The normalized spacial score (nSPS) is 13.8. The maximum atomic E-state index is 12.0. The molecule has 208 valence electrons. The minimum Gasteiger partial charge on any atom is -0.447 e. The molecule has 0 aliphatic carbocycles. The molecule has 0 saturated heterocycles. The summed E-state index contributed by atoms with van der Waals surface area (Å²) in [6.45, 7) is 2.89. The van der Waals surface area contributed by atoms with Gasteiger partial charge in [0.05, 0.1) is 6.61 Å². The predicted molar refractivity (Wildman–Crippen MR) is 140 cm³/mol. The third-order valence-electron chi connectivity index (χ3n) is 5.84. The number of alkyl carbamates (subject to hydrolysis) is 1. The van der Waals surface area contributed by atoms with Crippen LogP contribution < -0.4 is 9.88 Å². The zero-order valence-electron chi connectivity index (χ0n) is 22.3. The summed E-state index contributed by atoms with van der Waals surface area (Å²) in [7, 11) is -2.82. The summed E-state index contributed by atoms with van der Waals surface area (Å²) in [5.74, 6) is 0. The molecule has 10 heteroatoms.